The number of aryl methyl sites for hydroxylation is 1. The zero-order chi connectivity index (χ0) is 27.1. The molecule has 0 aliphatic rings. The summed E-state index contributed by atoms with van der Waals surface area (Å²) >= 11 is 12.5. The van der Waals surface area contributed by atoms with Gasteiger partial charge < -0.3 is 20.9 Å². The van der Waals surface area contributed by atoms with Gasteiger partial charge in [-0.2, -0.15) is 0 Å². The second-order valence-corrected chi connectivity index (χ2v) is 9.26. The Labute approximate surface area is 229 Å². The van der Waals surface area contributed by atoms with Crippen LogP contribution in [0.4, 0.5) is 17.3 Å². The van der Waals surface area contributed by atoms with Crippen LogP contribution in [-0.2, 0) is 13.0 Å². The quantitative estimate of drug-likeness (QED) is 0.131. The summed E-state index contributed by atoms with van der Waals surface area (Å²) in [6.45, 7) is 1.56. The Bertz CT molecular complexity index is 1440. The van der Waals surface area contributed by atoms with E-state index < -0.39 is 4.92 Å². The van der Waals surface area contributed by atoms with E-state index in [9.17, 15) is 14.9 Å². The molecule has 10 nitrogen and oxygen atoms in total. The smallest absolute Gasteiger partial charge is 0.311 e. The monoisotopic (exact) mass is 553 g/mol. The summed E-state index contributed by atoms with van der Waals surface area (Å²) < 4.78 is 1.92. The third kappa shape index (κ3) is 6.78. The lowest BCUT2D eigenvalue weighted by atomic mass is 10.0. The third-order valence-electron chi connectivity index (χ3n) is 5.74. The number of nitrogens with one attached hydrogen (secondary N) is 2. The normalized spacial score (nSPS) is 10.8. The topological polar surface area (TPSA) is 141 Å². The van der Waals surface area contributed by atoms with Crippen LogP contribution in [0.25, 0.3) is 11.1 Å². The molecule has 0 atom stereocenters. The van der Waals surface area contributed by atoms with Crippen LogP contribution >= 0.6 is 23.2 Å². The van der Waals surface area contributed by atoms with E-state index in [1.54, 1.807) is 30.6 Å². The van der Waals surface area contributed by atoms with Crippen molar-refractivity contribution >= 4 is 46.4 Å². The first-order valence-corrected chi connectivity index (χ1v) is 12.6. The van der Waals surface area contributed by atoms with Crippen LogP contribution < -0.4 is 16.4 Å². The predicted molar refractivity (Wildman–Crippen MR) is 149 cm³/mol. The highest BCUT2D eigenvalue weighted by atomic mass is 35.5. The Kier molecular flexibility index (Phi) is 8.77. The van der Waals surface area contributed by atoms with Crippen molar-refractivity contribution in [3.8, 4) is 11.1 Å². The second kappa shape index (κ2) is 12.4. The molecule has 0 fully saturated rings. The number of halogens is 2. The van der Waals surface area contributed by atoms with Crippen molar-refractivity contribution < 1.29 is 9.72 Å². The zero-order valence-electron chi connectivity index (χ0n) is 20.2. The molecule has 4 aromatic rings. The minimum absolute atomic E-state index is 0.145. The highest BCUT2D eigenvalue weighted by Gasteiger charge is 2.18. The van der Waals surface area contributed by atoms with Gasteiger partial charge in [-0.3, -0.25) is 19.9 Å². The molecule has 38 heavy (non-hydrogen) atoms. The molecule has 0 aliphatic heterocycles. The van der Waals surface area contributed by atoms with Crippen molar-refractivity contribution in [2.75, 3.05) is 24.1 Å². The van der Waals surface area contributed by atoms with Crippen molar-refractivity contribution in [1.29, 1.82) is 0 Å². The van der Waals surface area contributed by atoms with Gasteiger partial charge in [0.15, 0.2) is 0 Å². The van der Waals surface area contributed by atoms with Gasteiger partial charge in [0, 0.05) is 77.6 Å². The third-order valence-corrected chi connectivity index (χ3v) is 6.28. The van der Waals surface area contributed by atoms with Crippen molar-refractivity contribution in [3.63, 3.8) is 0 Å². The number of anilines is 2. The summed E-state index contributed by atoms with van der Waals surface area (Å²) in [5, 5.41) is 17.9. The van der Waals surface area contributed by atoms with Crippen LogP contribution in [-0.4, -0.2) is 38.5 Å². The van der Waals surface area contributed by atoms with Gasteiger partial charge in [-0.15, -0.1) is 0 Å². The predicted octanol–water partition coefficient (Wildman–Crippen LogP) is 5.22. The number of hydrogen-bond donors (Lipinski definition) is 3. The Morgan fingerprint density at radius 1 is 1.08 bits per heavy atom. The van der Waals surface area contributed by atoms with Crippen LogP contribution in [0, 0.1) is 10.1 Å². The van der Waals surface area contributed by atoms with Crippen LogP contribution in [0.15, 0.2) is 67.1 Å². The molecule has 12 heteroatoms. The van der Waals surface area contributed by atoms with Crippen LogP contribution in [0.5, 0.6) is 0 Å². The number of aromatic nitrogens is 3. The number of carbonyl (C=O) groups is 1. The minimum atomic E-state index is -0.574. The van der Waals surface area contributed by atoms with Crippen LogP contribution in [0.3, 0.4) is 0 Å². The maximum absolute atomic E-state index is 13.1. The van der Waals surface area contributed by atoms with E-state index in [1.807, 2.05) is 29.0 Å². The van der Waals surface area contributed by atoms with Gasteiger partial charge in [0.1, 0.15) is 5.82 Å². The average molecular weight is 554 g/mol. The molecule has 0 unspecified atom stereocenters. The number of nitrogen functional groups attached to an aromatic ring is 1. The number of hydrogen-bond acceptors (Lipinski definition) is 7. The molecule has 0 spiro atoms. The Morgan fingerprint density at radius 3 is 2.63 bits per heavy atom. The van der Waals surface area contributed by atoms with Crippen molar-refractivity contribution in [2.24, 2.45) is 0 Å². The molecule has 0 radical (unpaired) electrons. The molecule has 4 N–H and O–H groups in total. The summed E-state index contributed by atoms with van der Waals surface area (Å²) in [5.41, 5.74) is 8.20. The van der Waals surface area contributed by atoms with Gasteiger partial charge in [0.25, 0.3) is 5.91 Å². The number of benzene rings is 1. The molecule has 0 saturated heterocycles. The van der Waals surface area contributed by atoms with Crippen LogP contribution in [0.2, 0.25) is 10.0 Å². The second-order valence-electron chi connectivity index (χ2n) is 8.41. The highest BCUT2D eigenvalue weighted by molar-refractivity contribution is 6.36. The number of nitro groups is 1. The molecule has 4 rings (SSSR count). The van der Waals surface area contributed by atoms with E-state index in [4.69, 9.17) is 28.9 Å². The van der Waals surface area contributed by atoms with Crippen molar-refractivity contribution in [3.05, 3.63) is 98.5 Å². The van der Waals surface area contributed by atoms with E-state index in [1.165, 1.54) is 12.1 Å². The highest BCUT2D eigenvalue weighted by Crippen LogP contribution is 2.33. The van der Waals surface area contributed by atoms with Gasteiger partial charge in [-0.05, 0) is 36.8 Å². The summed E-state index contributed by atoms with van der Waals surface area (Å²) in [6.07, 6.45) is 6.68. The number of pyridine rings is 2. The molecule has 196 valence electrons. The lowest BCUT2D eigenvalue weighted by Gasteiger charge is -2.08. The van der Waals surface area contributed by atoms with E-state index in [0.717, 1.165) is 5.69 Å². The molecular formula is C26H25Cl2N7O3. The number of rotatable bonds is 11. The van der Waals surface area contributed by atoms with Gasteiger partial charge in [-0.1, -0.05) is 35.3 Å². The SMILES string of the molecule is Nc1nc(NCCCn2cc(C(=O)NCCc3ccccn3)c(-c3ccc(Cl)cc3Cl)c2)ccc1[N+](=O)[O-]. The Balaban J connectivity index is 1.44. The Hall–Kier alpha value is -4.15. The summed E-state index contributed by atoms with van der Waals surface area (Å²) in [6, 6.07) is 13.7. The van der Waals surface area contributed by atoms with Crippen LogP contribution in [0.1, 0.15) is 22.5 Å². The molecule has 1 aromatic carbocycles. The Morgan fingerprint density at radius 2 is 1.92 bits per heavy atom. The number of nitrogens with zero attached hydrogens (tertiary/aromatic N) is 4. The maximum atomic E-state index is 13.1. The molecule has 1 amide bonds. The first kappa shape index (κ1) is 26.9. The number of carbonyl (C=O) groups excluding carboxylic acids is 1. The molecule has 3 heterocycles. The van der Waals surface area contributed by atoms with E-state index >= 15 is 0 Å². The molecular weight excluding hydrogens is 529 g/mol. The number of amides is 1. The number of nitrogens with two attached hydrogens (primary N) is 1. The fourth-order valence-corrected chi connectivity index (χ4v) is 4.39. The molecule has 0 bridgehead atoms. The molecule has 0 saturated carbocycles. The minimum Gasteiger partial charge on any atom is -0.378 e. The fraction of sp³-hybridized carbons (Fsp3) is 0.192. The lowest BCUT2D eigenvalue weighted by Crippen LogP contribution is -2.26. The van der Waals surface area contributed by atoms with Gasteiger partial charge in [0.2, 0.25) is 5.82 Å². The zero-order valence-corrected chi connectivity index (χ0v) is 21.7. The standard InChI is InChI=1S/C26H25Cl2N7O3/c27-17-5-6-19(22(28)14-17)20-15-34(13-3-11-31-24-8-7-23(35(37)38)25(29)33-24)16-21(20)26(36)32-12-9-18-4-1-2-10-30-18/h1-2,4-8,10,14-16H,3,9,11-13H2,(H,32,36)(H3,29,31,33). The lowest BCUT2D eigenvalue weighted by molar-refractivity contribution is -0.384. The molecule has 0 aliphatic carbocycles. The van der Waals surface area contributed by atoms with Crippen molar-refractivity contribution in [2.45, 2.75) is 19.4 Å². The average Bonchev–Trinajstić information content (AvgIpc) is 3.31. The first-order valence-electron chi connectivity index (χ1n) is 11.8. The van der Waals surface area contributed by atoms with E-state index in [2.05, 4.69) is 20.6 Å². The summed E-state index contributed by atoms with van der Waals surface area (Å²) in [7, 11) is 0. The van der Waals surface area contributed by atoms with Gasteiger partial charge >= 0.3 is 5.69 Å². The molecule has 3 aromatic heterocycles. The largest absolute Gasteiger partial charge is 0.378 e. The maximum Gasteiger partial charge on any atom is 0.311 e. The first-order chi connectivity index (χ1) is 18.3. The van der Waals surface area contributed by atoms with Crippen molar-refractivity contribution in [1.82, 2.24) is 19.9 Å². The fourth-order valence-electron chi connectivity index (χ4n) is 3.88. The van der Waals surface area contributed by atoms with E-state index in [0.29, 0.717) is 65.0 Å². The van der Waals surface area contributed by atoms with Gasteiger partial charge in [-0.25, -0.2) is 4.98 Å². The van der Waals surface area contributed by atoms with E-state index in [-0.39, 0.29) is 17.4 Å². The van der Waals surface area contributed by atoms with Gasteiger partial charge in [0.05, 0.1) is 10.5 Å². The summed E-state index contributed by atoms with van der Waals surface area (Å²) in [4.78, 5) is 31.8. The summed E-state index contributed by atoms with van der Waals surface area (Å²) in [5.74, 6) is 0.0835.